The summed E-state index contributed by atoms with van der Waals surface area (Å²) < 4.78 is 11.9. The van der Waals surface area contributed by atoms with Gasteiger partial charge in [-0.25, -0.2) is 0 Å². The van der Waals surface area contributed by atoms with Gasteiger partial charge in [-0.3, -0.25) is 4.79 Å². The average molecular weight is 248 g/mol. The number of epoxide rings is 1. The standard InChI is InChI=1S/C15H20O3/c1-8-4-7-15-11(8)12-10(9(2)13(16)17-12)5-6-14(15,3)18-15/h4,9-12H,5-7H2,1-3H3/t9-,10+,11+,12-,14-,15+/m1/s1. The molecule has 0 unspecified atom stereocenters. The summed E-state index contributed by atoms with van der Waals surface area (Å²) in [6.07, 6.45) is 5.45. The number of carbonyl (C=O) groups excluding carboxylic acids is 1. The first-order chi connectivity index (χ1) is 8.48. The highest BCUT2D eigenvalue weighted by Crippen LogP contribution is 2.67. The van der Waals surface area contributed by atoms with Crippen molar-refractivity contribution in [2.45, 2.75) is 57.3 Å². The molecule has 4 aliphatic rings. The van der Waals surface area contributed by atoms with Crippen molar-refractivity contribution in [1.82, 2.24) is 0 Å². The molecule has 0 aromatic carbocycles. The summed E-state index contributed by atoms with van der Waals surface area (Å²) >= 11 is 0. The molecule has 1 saturated carbocycles. The molecule has 3 heteroatoms. The number of carbonyl (C=O) groups is 1. The van der Waals surface area contributed by atoms with E-state index in [0.29, 0.717) is 11.8 Å². The molecular formula is C15H20O3. The van der Waals surface area contributed by atoms with E-state index in [0.717, 1.165) is 19.3 Å². The minimum Gasteiger partial charge on any atom is -0.461 e. The number of ether oxygens (including phenoxy) is 2. The van der Waals surface area contributed by atoms with Crippen molar-refractivity contribution < 1.29 is 14.3 Å². The molecule has 6 atom stereocenters. The lowest BCUT2D eigenvalue weighted by molar-refractivity contribution is -0.145. The van der Waals surface area contributed by atoms with Crippen molar-refractivity contribution in [3.05, 3.63) is 11.6 Å². The van der Waals surface area contributed by atoms with Crippen molar-refractivity contribution in [2.24, 2.45) is 17.8 Å². The second-order valence-corrected chi connectivity index (χ2v) is 6.75. The van der Waals surface area contributed by atoms with E-state index < -0.39 is 0 Å². The molecule has 0 N–H and O–H groups in total. The smallest absolute Gasteiger partial charge is 0.309 e. The molecule has 0 aromatic rings. The van der Waals surface area contributed by atoms with Crippen molar-refractivity contribution >= 4 is 5.97 Å². The van der Waals surface area contributed by atoms with E-state index in [2.05, 4.69) is 19.9 Å². The summed E-state index contributed by atoms with van der Waals surface area (Å²) in [4.78, 5) is 11.9. The third kappa shape index (κ3) is 1.04. The van der Waals surface area contributed by atoms with Crippen LogP contribution in [0.15, 0.2) is 11.6 Å². The normalized spacial score (nSPS) is 57.1. The van der Waals surface area contributed by atoms with Crippen molar-refractivity contribution in [3.63, 3.8) is 0 Å². The fraction of sp³-hybridized carbons (Fsp3) is 0.800. The molecular weight excluding hydrogens is 228 g/mol. The van der Waals surface area contributed by atoms with Gasteiger partial charge in [-0.1, -0.05) is 18.6 Å². The maximum absolute atomic E-state index is 11.9. The van der Waals surface area contributed by atoms with Gasteiger partial charge in [-0.15, -0.1) is 0 Å². The highest BCUT2D eigenvalue weighted by Gasteiger charge is 2.75. The van der Waals surface area contributed by atoms with Crippen molar-refractivity contribution in [2.75, 3.05) is 0 Å². The van der Waals surface area contributed by atoms with E-state index in [-0.39, 0.29) is 29.2 Å². The van der Waals surface area contributed by atoms with E-state index in [1.807, 2.05) is 6.92 Å². The van der Waals surface area contributed by atoms with Gasteiger partial charge in [-0.2, -0.15) is 0 Å². The molecule has 2 aliphatic carbocycles. The van der Waals surface area contributed by atoms with Gasteiger partial charge in [-0.05, 0) is 33.1 Å². The van der Waals surface area contributed by atoms with Crippen LogP contribution in [0.2, 0.25) is 0 Å². The lowest BCUT2D eigenvalue weighted by Crippen LogP contribution is -2.37. The van der Waals surface area contributed by atoms with Crippen LogP contribution in [0, 0.1) is 17.8 Å². The first-order valence-electron chi connectivity index (χ1n) is 7.06. The summed E-state index contributed by atoms with van der Waals surface area (Å²) in [7, 11) is 0. The van der Waals surface area contributed by atoms with Gasteiger partial charge in [0.2, 0.25) is 0 Å². The summed E-state index contributed by atoms with van der Waals surface area (Å²) in [6, 6.07) is 0. The molecule has 3 fully saturated rings. The molecule has 0 aromatic heterocycles. The Balaban J connectivity index is 1.78. The summed E-state index contributed by atoms with van der Waals surface area (Å²) in [5, 5.41) is 0. The Morgan fingerprint density at radius 2 is 2.22 bits per heavy atom. The number of fused-ring (bicyclic) bond motifs is 2. The molecule has 1 spiro atoms. The Morgan fingerprint density at radius 3 is 3.00 bits per heavy atom. The first kappa shape index (κ1) is 11.0. The van der Waals surface area contributed by atoms with Gasteiger partial charge in [0.05, 0.1) is 11.5 Å². The van der Waals surface area contributed by atoms with Crippen molar-refractivity contribution in [3.8, 4) is 0 Å². The Hall–Kier alpha value is -0.830. The average Bonchev–Trinajstić information content (AvgIpc) is 2.65. The Labute approximate surface area is 108 Å². The topological polar surface area (TPSA) is 38.8 Å². The van der Waals surface area contributed by atoms with Gasteiger partial charge in [0.1, 0.15) is 11.7 Å². The van der Waals surface area contributed by atoms with Gasteiger partial charge < -0.3 is 9.47 Å². The molecule has 0 radical (unpaired) electrons. The largest absolute Gasteiger partial charge is 0.461 e. The summed E-state index contributed by atoms with van der Waals surface area (Å²) in [5.74, 6) is 0.726. The van der Waals surface area contributed by atoms with Crippen LogP contribution in [0.4, 0.5) is 0 Å². The second kappa shape index (κ2) is 3.01. The minimum atomic E-state index is -0.0547. The van der Waals surface area contributed by atoms with Crippen LogP contribution in [-0.2, 0) is 14.3 Å². The Kier molecular flexibility index (Phi) is 1.84. The van der Waals surface area contributed by atoms with Crippen LogP contribution in [0.5, 0.6) is 0 Å². The molecule has 2 heterocycles. The van der Waals surface area contributed by atoms with Crippen LogP contribution in [0.3, 0.4) is 0 Å². The number of rotatable bonds is 0. The monoisotopic (exact) mass is 248 g/mol. The molecule has 18 heavy (non-hydrogen) atoms. The maximum Gasteiger partial charge on any atom is 0.309 e. The van der Waals surface area contributed by atoms with Gasteiger partial charge in [0, 0.05) is 11.8 Å². The predicted molar refractivity (Wildman–Crippen MR) is 65.9 cm³/mol. The predicted octanol–water partition coefficient (Wildman–Crippen LogP) is 2.45. The lowest BCUT2D eigenvalue weighted by atomic mass is 9.77. The van der Waals surface area contributed by atoms with E-state index in [9.17, 15) is 4.79 Å². The third-order valence-electron chi connectivity index (χ3n) is 5.95. The molecule has 0 amide bonds. The molecule has 3 nitrogen and oxygen atoms in total. The van der Waals surface area contributed by atoms with Crippen LogP contribution in [0.25, 0.3) is 0 Å². The highest BCUT2D eigenvalue weighted by molar-refractivity contribution is 5.75. The fourth-order valence-electron chi connectivity index (χ4n) is 4.71. The van der Waals surface area contributed by atoms with Gasteiger partial charge in [0.15, 0.2) is 0 Å². The molecule has 2 aliphatic heterocycles. The van der Waals surface area contributed by atoms with Crippen molar-refractivity contribution in [1.29, 1.82) is 0 Å². The van der Waals surface area contributed by atoms with E-state index >= 15 is 0 Å². The summed E-state index contributed by atoms with van der Waals surface area (Å²) in [5.41, 5.74) is 1.32. The molecule has 2 saturated heterocycles. The Morgan fingerprint density at radius 1 is 1.44 bits per heavy atom. The zero-order valence-electron chi connectivity index (χ0n) is 11.2. The first-order valence-corrected chi connectivity index (χ1v) is 7.06. The quantitative estimate of drug-likeness (QED) is 0.375. The van der Waals surface area contributed by atoms with Crippen LogP contribution >= 0.6 is 0 Å². The molecule has 0 bridgehead atoms. The second-order valence-electron chi connectivity index (χ2n) is 6.75. The SMILES string of the molecule is CC1=CC[C@@]23O[C@]2(C)CC[C@@H]2[C@@H](OC(=O)[C@@H]2C)[C@H]13. The third-order valence-corrected chi connectivity index (χ3v) is 5.95. The fourth-order valence-corrected chi connectivity index (χ4v) is 4.71. The van der Waals surface area contributed by atoms with Crippen LogP contribution in [-0.4, -0.2) is 23.3 Å². The number of hydrogen-bond donors (Lipinski definition) is 0. The van der Waals surface area contributed by atoms with Gasteiger partial charge >= 0.3 is 5.97 Å². The zero-order valence-corrected chi connectivity index (χ0v) is 11.2. The number of hydrogen-bond acceptors (Lipinski definition) is 3. The maximum atomic E-state index is 11.9. The van der Waals surface area contributed by atoms with Crippen LogP contribution in [0.1, 0.15) is 40.0 Å². The van der Waals surface area contributed by atoms with E-state index in [1.54, 1.807) is 0 Å². The van der Waals surface area contributed by atoms with Gasteiger partial charge in [0.25, 0.3) is 0 Å². The summed E-state index contributed by atoms with van der Waals surface area (Å²) in [6.45, 7) is 6.43. The minimum absolute atomic E-state index is 0.0101. The molecule has 98 valence electrons. The zero-order chi connectivity index (χ0) is 12.7. The van der Waals surface area contributed by atoms with Crippen LogP contribution < -0.4 is 0 Å². The molecule has 4 rings (SSSR count). The number of esters is 1. The van der Waals surface area contributed by atoms with E-state index in [4.69, 9.17) is 9.47 Å². The Bertz CT molecular complexity index is 468. The highest BCUT2D eigenvalue weighted by atomic mass is 16.6. The lowest BCUT2D eigenvalue weighted by Gasteiger charge is -2.27. The van der Waals surface area contributed by atoms with E-state index in [1.165, 1.54) is 5.57 Å².